The molecule has 0 saturated heterocycles. The Hall–Kier alpha value is -1.56. The van der Waals surface area contributed by atoms with Gasteiger partial charge in [-0.15, -0.1) is 0 Å². The highest BCUT2D eigenvalue weighted by Crippen LogP contribution is 2.47. The van der Waals surface area contributed by atoms with E-state index < -0.39 is 0 Å². The van der Waals surface area contributed by atoms with Crippen molar-refractivity contribution in [2.24, 2.45) is 5.92 Å². The van der Waals surface area contributed by atoms with Crippen molar-refractivity contribution in [2.75, 3.05) is 0 Å². The molecule has 0 nitrogen and oxygen atoms in total. The lowest BCUT2D eigenvalue weighted by Crippen LogP contribution is -2.19. The van der Waals surface area contributed by atoms with E-state index >= 15 is 0 Å². The molecule has 2 aliphatic carbocycles. The third-order valence-corrected chi connectivity index (χ3v) is 8.48. The van der Waals surface area contributed by atoms with Gasteiger partial charge in [0.05, 0.1) is 0 Å². The molecule has 0 aromatic heterocycles. The third kappa shape index (κ3) is 5.67. The second-order valence-corrected chi connectivity index (χ2v) is 10.8. The van der Waals surface area contributed by atoms with Crippen LogP contribution in [0, 0.1) is 5.92 Å². The second kappa shape index (κ2) is 12.1. The molecule has 0 aliphatic heterocycles. The van der Waals surface area contributed by atoms with Gasteiger partial charge in [-0.25, -0.2) is 0 Å². The van der Waals surface area contributed by atoms with Crippen LogP contribution < -0.4 is 0 Å². The van der Waals surface area contributed by atoms with Crippen LogP contribution >= 0.6 is 0 Å². The number of hydrogen-bond donors (Lipinski definition) is 0. The average Bonchev–Trinajstić information content (AvgIpc) is 2.86. The molecule has 174 valence electrons. The van der Waals surface area contributed by atoms with E-state index in [1.807, 2.05) is 5.56 Å². The molecule has 2 fully saturated rings. The first-order chi connectivity index (χ1) is 15.8. The van der Waals surface area contributed by atoms with Gasteiger partial charge in [0.1, 0.15) is 0 Å². The lowest BCUT2D eigenvalue weighted by atomic mass is 9.69. The molecule has 0 heteroatoms. The zero-order valence-electron chi connectivity index (χ0n) is 20.9. The predicted octanol–water partition coefficient (Wildman–Crippen LogP) is 10.2. The summed E-state index contributed by atoms with van der Waals surface area (Å²) in [6.07, 6.45) is 20.9. The molecular weight excluding hydrogens is 384 g/mol. The maximum atomic E-state index is 2.54. The van der Waals surface area contributed by atoms with Crippen molar-refractivity contribution in [2.45, 2.75) is 122 Å². The van der Waals surface area contributed by atoms with Gasteiger partial charge in [0, 0.05) is 0 Å². The fraction of sp³-hybridized carbons (Fsp3) is 0.625. The molecule has 0 amide bonds. The number of unbranched alkanes of at least 4 members (excludes halogenated alkanes) is 2. The van der Waals surface area contributed by atoms with Gasteiger partial charge in [-0.2, -0.15) is 0 Å². The largest absolute Gasteiger partial charge is 0.0654 e. The monoisotopic (exact) mass is 430 g/mol. The fourth-order valence-corrected chi connectivity index (χ4v) is 6.80. The highest BCUT2D eigenvalue weighted by atomic mass is 14.3. The minimum Gasteiger partial charge on any atom is -0.0654 e. The molecule has 2 aliphatic rings. The van der Waals surface area contributed by atoms with Crippen LogP contribution in [0.5, 0.6) is 0 Å². The van der Waals surface area contributed by atoms with Crippen molar-refractivity contribution in [3.05, 3.63) is 59.2 Å². The number of benzene rings is 2. The van der Waals surface area contributed by atoms with Crippen molar-refractivity contribution >= 4 is 0 Å². The Morgan fingerprint density at radius 2 is 1.38 bits per heavy atom. The summed E-state index contributed by atoms with van der Waals surface area (Å²) in [4.78, 5) is 0. The fourth-order valence-electron chi connectivity index (χ4n) is 6.80. The average molecular weight is 431 g/mol. The standard InChI is InChI=1S/C32H46/c1-3-5-8-16-28-23-24-30(26-14-9-6-10-15-26)32(27-17-11-7-12-18-27)31(28)29-21-19-25(13-4-2)20-22-29/h6,9-10,14-15,23-25,27,29H,3-5,7-8,11-13,16-22H2,1-2H3. The first-order valence-corrected chi connectivity index (χ1v) is 14.0. The summed E-state index contributed by atoms with van der Waals surface area (Å²) in [6, 6.07) is 16.4. The molecule has 0 bridgehead atoms. The molecule has 4 rings (SSSR count). The van der Waals surface area contributed by atoms with Crippen LogP contribution in [0.2, 0.25) is 0 Å². The van der Waals surface area contributed by atoms with Gasteiger partial charge in [-0.3, -0.25) is 0 Å². The third-order valence-electron chi connectivity index (χ3n) is 8.48. The van der Waals surface area contributed by atoms with E-state index in [0.29, 0.717) is 0 Å². The lowest BCUT2D eigenvalue weighted by Gasteiger charge is -2.35. The van der Waals surface area contributed by atoms with Crippen molar-refractivity contribution in [3.63, 3.8) is 0 Å². The summed E-state index contributed by atoms with van der Waals surface area (Å²) in [5, 5.41) is 0. The van der Waals surface area contributed by atoms with E-state index in [-0.39, 0.29) is 0 Å². The van der Waals surface area contributed by atoms with E-state index in [2.05, 4.69) is 56.3 Å². The van der Waals surface area contributed by atoms with Gasteiger partial charge in [0.2, 0.25) is 0 Å². The molecular formula is C32H46. The zero-order chi connectivity index (χ0) is 22.2. The normalized spacial score (nSPS) is 22.2. The minimum absolute atomic E-state index is 0.772. The molecule has 0 spiro atoms. The maximum Gasteiger partial charge on any atom is -0.0146 e. The van der Waals surface area contributed by atoms with Crippen LogP contribution in [0.3, 0.4) is 0 Å². The van der Waals surface area contributed by atoms with Crippen molar-refractivity contribution in [3.8, 4) is 11.1 Å². The molecule has 0 N–H and O–H groups in total. The summed E-state index contributed by atoms with van der Waals surface area (Å²) in [6.45, 7) is 4.70. The summed E-state index contributed by atoms with van der Waals surface area (Å²) < 4.78 is 0. The van der Waals surface area contributed by atoms with Gasteiger partial charge in [0.15, 0.2) is 0 Å². The molecule has 0 radical (unpaired) electrons. The second-order valence-electron chi connectivity index (χ2n) is 10.8. The van der Waals surface area contributed by atoms with Gasteiger partial charge >= 0.3 is 0 Å². The van der Waals surface area contributed by atoms with Crippen LogP contribution in [-0.2, 0) is 6.42 Å². The predicted molar refractivity (Wildman–Crippen MR) is 141 cm³/mol. The van der Waals surface area contributed by atoms with Crippen LogP contribution in [-0.4, -0.2) is 0 Å². The van der Waals surface area contributed by atoms with E-state index in [1.54, 1.807) is 16.7 Å². The van der Waals surface area contributed by atoms with E-state index in [1.165, 1.54) is 102 Å². The highest BCUT2D eigenvalue weighted by molar-refractivity contribution is 5.71. The molecule has 32 heavy (non-hydrogen) atoms. The van der Waals surface area contributed by atoms with E-state index in [0.717, 1.165) is 17.8 Å². The van der Waals surface area contributed by atoms with Gasteiger partial charge in [-0.1, -0.05) is 101 Å². The molecule has 2 saturated carbocycles. The SMILES string of the molecule is CCCCCc1ccc(-c2ccccc2)c(C2CCCCC2)c1C1CCC(CCC)CC1. The summed E-state index contributed by atoms with van der Waals surface area (Å²) in [7, 11) is 0. The van der Waals surface area contributed by atoms with Gasteiger partial charge < -0.3 is 0 Å². The topological polar surface area (TPSA) is 0 Å². The summed E-state index contributed by atoms with van der Waals surface area (Å²) in [5.74, 6) is 2.55. The Balaban J connectivity index is 1.76. The number of hydrogen-bond acceptors (Lipinski definition) is 0. The minimum atomic E-state index is 0.772. The van der Waals surface area contributed by atoms with Crippen molar-refractivity contribution in [1.82, 2.24) is 0 Å². The van der Waals surface area contributed by atoms with Crippen LogP contribution in [0.1, 0.15) is 132 Å². The maximum absolute atomic E-state index is 2.54. The molecule has 0 atom stereocenters. The van der Waals surface area contributed by atoms with Gasteiger partial charge in [-0.05, 0) is 96.9 Å². The van der Waals surface area contributed by atoms with Crippen LogP contribution in [0.15, 0.2) is 42.5 Å². The Morgan fingerprint density at radius 3 is 2.06 bits per heavy atom. The smallest absolute Gasteiger partial charge is 0.0146 e. The Kier molecular flexibility index (Phi) is 8.89. The number of aryl methyl sites for hydroxylation is 1. The summed E-state index contributed by atoms with van der Waals surface area (Å²) >= 11 is 0. The van der Waals surface area contributed by atoms with Crippen molar-refractivity contribution < 1.29 is 0 Å². The quantitative estimate of drug-likeness (QED) is 0.347. The van der Waals surface area contributed by atoms with Crippen LogP contribution in [0.4, 0.5) is 0 Å². The molecule has 0 heterocycles. The first kappa shape index (κ1) is 23.6. The van der Waals surface area contributed by atoms with E-state index in [4.69, 9.17) is 0 Å². The molecule has 2 aromatic rings. The highest BCUT2D eigenvalue weighted by Gasteiger charge is 2.30. The Labute approximate surface area is 198 Å². The summed E-state index contributed by atoms with van der Waals surface area (Å²) in [5.41, 5.74) is 8.31. The molecule has 0 unspecified atom stereocenters. The van der Waals surface area contributed by atoms with Crippen molar-refractivity contribution in [1.29, 1.82) is 0 Å². The Bertz CT molecular complexity index is 803. The first-order valence-electron chi connectivity index (χ1n) is 14.0. The zero-order valence-corrected chi connectivity index (χ0v) is 20.9. The van der Waals surface area contributed by atoms with Gasteiger partial charge in [0.25, 0.3) is 0 Å². The van der Waals surface area contributed by atoms with E-state index in [9.17, 15) is 0 Å². The van der Waals surface area contributed by atoms with Crippen LogP contribution in [0.25, 0.3) is 11.1 Å². The number of rotatable bonds is 9. The molecule has 2 aromatic carbocycles. The lowest BCUT2D eigenvalue weighted by molar-refractivity contribution is 0.305. The Morgan fingerprint density at radius 1 is 0.656 bits per heavy atom.